The van der Waals surface area contributed by atoms with Crippen molar-refractivity contribution < 1.29 is 29.0 Å². The highest BCUT2D eigenvalue weighted by Gasteiger charge is 2.37. The van der Waals surface area contributed by atoms with Crippen molar-refractivity contribution in [3.05, 3.63) is 24.3 Å². The number of anilines is 2. The number of morpholine rings is 1. The van der Waals surface area contributed by atoms with E-state index < -0.39 is 23.8 Å². The fourth-order valence-corrected chi connectivity index (χ4v) is 3.27. The summed E-state index contributed by atoms with van der Waals surface area (Å²) in [4.78, 5) is 40.1. The molecule has 0 bridgehead atoms. The van der Waals surface area contributed by atoms with E-state index in [-0.39, 0.29) is 25.6 Å². The van der Waals surface area contributed by atoms with E-state index in [1.165, 1.54) is 9.80 Å². The summed E-state index contributed by atoms with van der Waals surface area (Å²) >= 11 is 0. The number of nitrogens with zero attached hydrogens (tertiary/aromatic N) is 3. The van der Waals surface area contributed by atoms with Crippen LogP contribution in [0.15, 0.2) is 24.3 Å². The van der Waals surface area contributed by atoms with Gasteiger partial charge in [-0.3, -0.25) is 14.6 Å². The number of rotatable bonds is 4. The Labute approximate surface area is 163 Å². The number of ether oxygens (including phenoxy) is 2. The van der Waals surface area contributed by atoms with Gasteiger partial charge in [0, 0.05) is 23.5 Å². The summed E-state index contributed by atoms with van der Waals surface area (Å²) in [7, 11) is 0. The molecule has 9 nitrogen and oxygen atoms in total. The van der Waals surface area contributed by atoms with Crippen molar-refractivity contribution in [3.8, 4) is 0 Å². The van der Waals surface area contributed by atoms with Crippen molar-refractivity contribution in [3.63, 3.8) is 0 Å². The van der Waals surface area contributed by atoms with Crippen LogP contribution in [0.25, 0.3) is 0 Å². The minimum Gasteiger partial charge on any atom is -0.465 e. The Morgan fingerprint density at radius 2 is 1.79 bits per heavy atom. The van der Waals surface area contributed by atoms with Crippen molar-refractivity contribution in [1.29, 1.82) is 0 Å². The molecule has 28 heavy (non-hydrogen) atoms. The molecule has 0 aromatic heterocycles. The number of hydrogen-bond acceptors (Lipinski definition) is 5. The Morgan fingerprint density at radius 1 is 1.18 bits per heavy atom. The topological polar surface area (TPSA) is 99.6 Å². The molecule has 2 saturated heterocycles. The molecular formula is C19H25N3O6. The summed E-state index contributed by atoms with van der Waals surface area (Å²) in [6.45, 7) is 6.78. The average molecular weight is 391 g/mol. The molecule has 9 heteroatoms. The van der Waals surface area contributed by atoms with E-state index in [0.717, 1.165) is 5.69 Å². The number of hydrogen-bond donors (Lipinski definition) is 1. The number of carbonyl (C=O) groups is 3. The molecule has 1 atom stereocenters. The second-order valence-corrected chi connectivity index (χ2v) is 7.79. The Bertz CT molecular complexity index is 758. The zero-order chi connectivity index (χ0) is 20.5. The third-order valence-corrected chi connectivity index (χ3v) is 4.76. The number of cyclic esters (lactones) is 1. The number of carboxylic acid groups (broad SMARTS) is 1. The van der Waals surface area contributed by atoms with Gasteiger partial charge in [0.25, 0.3) is 5.91 Å². The molecule has 3 rings (SSSR count). The van der Waals surface area contributed by atoms with Crippen LogP contribution < -0.4 is 9.80 Å². The fraction of sp³-hybridized carbons (Fsp3) is 0.526. The standard InChI is InChI=1S/C19H25N3O6/c1-19(2,3)22(17(24)25)11-15-10-21(18(26)28-15)14-6-4-13(5-7-14)20-8-9-27-12-16(20)23/h4-7,15H,8-12H2,1-3H3,(H,24,25)/t15-/m1/s1. The van der Waals surface area contributed by atoms with Gasteiger partial charge in [-0.25, -0.2) is 9.59 Å². The van der Waals surface area contributed by atoms with Crippen LogP contribution in [0.1, 0.15) is 20.8 Å². The Morgan fingerprint density at radius 3 is 2.32 bits per heavy atom. The summed E-state index contributed by atoms with van der Waals surface area (Å²) < 4.78 is 10.5. The van der Waals surface area contributed by atoms with Gasteiger partial charge in [0.2, 0.25) is 0 Å². The van der Waals surface area contributed by atoms with Crippen molar-refractivity contribution >= 4 is 29.5 Å². The minimum atomic E-state index is -1.05. The van der Waals surface area contributed by atoms with Crippen LogP contribution in [0.5, 0.6) is 0 Å². The zero-order valence-corrected chi connectivity index (χ0v) is 16.3. The van der Waals surface area contributed by atoms with Crippen LogP contribution in [0.4, 0.5) is 21.0 Å². The van der Waals surface area contributed by atoms with Gasteiger partial charge in [0.15, 0.2) is 0 Å². The molecule has 0 unspecified atom stereocenters. The van der Waals surface area contributed by atoms with E-state index in [2.05, 4.69) is 0 Å². The normalized spacial score (nSPS) is 20.3. The minimum absolute atomic E-state index is 0.0652. The lowest BCUT2D eigenvalue weighted by Crippen LogP contribution is -2.49. The van der Waals surface area contributed by atoms with Gasteiger partial charge >= 0.3 is 12.2 Å². The predicted octanol–water partition coefficient (Wildman–Crippen LogP) is 2.15. The smallest absolute Gasteiger partial charge is 0.414 e. The van der Waals surface area contributed by atoms with Crippen molar-refractivity contribution in [1.82, 2.24) is 4.90 Å². The lowest BCUT2D eigenvalue weighted by Gasteiger charge is -2.34. The van der Waals surface area contributed by atoms with E-state index in [0.29, 0.717) is 18.8 Å². The van der Waals surface area contributed by atoms with Gasteiger partial charge in [-0.05, 0) is 45.0 Å². The summed E-state index contributed by atoms with van der Waals surface area (Å²) in [5, 5.41) is 9.42. The molecule has 2 aliphatic heterocycles. The van der Waals surface area contributed by atoms with Gasteiger partial charge in [0.1, 0.15) is 12.7 Å². The van der Waals surface area contributed by atoms with E-state index in [4.69, 9.17) is 9.47 Å². The fourth-order valence-electron chi connectivity index (χ4n) is 3.27. The maximum atomic E-state index is 12.3. The van der Waals surface area contributed by atoms with Crippen LogP contribution in [0, 0.1) is 0 Å². The Hall–Kier alpha value is -2.81. The lowest BCUT2D eigenvalue weighted by atomic mass is 10.1. The quantitative estimate of drug-likeness (QED) is 0.844. The maximum absolute atomic E-state index is 12.3. The first-order valence-electron chi connectivity index (χ1n) is 9.13. The first-order chi connectivity index (χ1) is 13.2. The molecule has 0 saturated carbocycles. The van der Waals surface area contributed by atoms with Crippen LogP contribution in [0.2, 0.25) is 0 Å². The highest BCUT2D eigenvalue weighted by Crippen LogP contribution is 2.26. The molecule has 2 heterocycles. The highest BCUT2D eigenvalue weighted by molar-refractivity contribution is 5.95. The number of benzene rings is 1. The third kappa shape index (κ3) is 4.19. The van der Waals surface area contributed by atoms with Crippen LogP contribution >= 0.6 is 0 Å². The summed E-state index contributed by atoms with van der Waals surface area (Å²) in [5.74, 6) is -0.101. The summed E-state index contributed by atoms with van der Waals surface area (Å²) in [5.41, 5.74) is 0.776. The molecule has 2 fully saturated rings. The van der Waals surface area contributed by atoms with E-state index >= 15 is 0 Å². The van der Waals surface area contributed by atoms with E-state index in [9.17, 15) is 19.5 Å². The van der Waals surface area contributed by atoms with Crippen LogP contribution in [-0.2, 0) is 14.3 Å². The molecule has 152 valence electrons. The second-order valence-electron chi connectivity index (χ2n) is 7.79. The van der Waals surface area contributed by atoms with E-state index in [1.54, 1.807) is 49.9 Å². The molecule has 1 aromatic carbocycles. The van der Waals surface area contributed by atoms with Crippen molar-refractivity contribution in [2.45, 2.75) is 32.4 Å². The van der Waals surface area contributed by atoms with Crippen molar-refractivity contribution in [2.75, 3.05) is 42.6 Å². The molecule has 0 aliphatic carbocycles. The van der Waals surface area contributed by atoms with Gasteiger partial charge in [0.05, 0.1) is 19.7 Å². The Kier molecular flexibility index (Phi) is 5.46. The van der Waals surface area contributed by atoms with Crippen molar-refractivity contribution in [2.24, 2.45) is 0 Å². The largest absolute Gasteiger partial charge is 0.465 e. The van der Waals surface area contributed by atoms with Gasteiger partial charge in [-0.15, -0.1) is 0 Å². The third-order valence-electron chi connectivity index (χ3n) is 4.76. The molecule has 0 spiro atoms. The van der Waals surface area contributed by atoms with Gasteiger partial charge in [-0.1, -0.05) is 0 Å². The van der Waals surface area contributed by atoms with E-state index in [1.807, 2.05) is 0 Å². The molecule has 3 amide bonds. The van der Waals surface area contributed by atoms with Gasteiger partial charge < -0.3 is 19.5 Å². The van der Waals surface area contributed by atoms with Crippen LogP contribution in [0.3, 0.4) is 0 Å². The summed E-state index contributed by atoms with van der Waals surface area (Å²) in [6, 6.07) is 7.05. The van der Waals surface area contributed by atoms with Gasteiger partial charge in [-0.2, -0.15) is 0 Å². The molecule has 0 radical (unpaired) electrons. The summed E-state index contributed by atoms with van der Waals surface area (Å²) in [6.07, 6.45) is -2.12. The Balaban J connectivity index is 1.68. The predicted molar refractivity (Wildman–Crippen MR) is 102 cm³/mol. The molecule has 2 aliphatic rings. The molecule has 1 N–H and O–H groups in total. The maximum Gasteiger partial charge on any atom is 0.414 e. The number of amides is 3. The second kappa shape index (κ2) is 7.67. The van der Waals surface area contributed by atoms with Crippen LogP contribution in [-0.4, -0.2) is 72.6 Å². The average Bonchev–Trinajstić information content (AvgIpc) is 3.00. The zero-order valence-electron chi connectivity index (χ0n) is 16.3. The molecule has 1 aromatic rings. The monoisotopic (exact) mass is 391 g/mol. The number of carbonyl (C=O) groups excluding carboxylic acids is 2. The highest BCUT2D eigenvalue weighted by atomic mass is 16.6. The molecular weight excluding hydrogens is 366 g/mol. The first-order valence-corrected chi connectivity index (χ1v) is 9.13. The SMILES string of the molecule is CC(C)(C)N(C[C@H]1CN(c2ccc(N3CCOCC3=O)cc2)C(=O)O1)C(=O)O. The lowest BCUT2D eigenvalue weighted by molar-refractivity contribution is -0.125. The first kappa shape index (κ1) is 19.9.